The normalized spacial score (nSPS) is 12.4. The number of carbonyl (C=O) groups is 1. The van der Waals surface area contributed by atoms with Crippen LogP contribution in [0.5, 0.6) is 0 Å². The lowest BCUT2D eigenvalue weighted by atomic mass is 10.1. The molecule has 0 saturated heterocycles. The van der Waals surface area contributed by atoms with Crippen LogP contribution >= 0.6 is 0 Å². The van der Waals surface area contributed by atoms with Gasteiger partial charge < -0.3 is 0 Å². The Labute approximate surface area is 171 Å². The third kappa shape index (κ3) is 5.30. The van der Waals surface area contributed by atoms with E-state index in [4.69, 9.17) is 0 Å². The van der Waals surface area contributed by atoms with Crippen LogP contribution in [0.15, 0.2) is 84.3 Å². The molecular formula is C21H24N4O3S. The Hall–Kier alpha value is -2.97. The van der Waals surface area contributed by atoms with Crippen LogP contribution in [-0.2, 0) is 21.2 Å². The van der Waals surface area contributed by atoms with Crippen molar-refractivity contribution in [1.29, 1.82) is 0 Å². The summed E-state index contributed by atoms with van der Waals surface area (Å²) in [6.07, 6.45) is 5.72. The summed E-state index contributed by atoms with van der Waals surface area (Å²) in [7, 11) is -3.86. The Morgan fingerprint density at radius 2 is 1.76 bits per heavy atom. The van der Waals surface area contributed by atoms with E-state index in [2.05, 4.69) is 9.71 Å². The molecular weight excluding hydrogens is 388 g/mol. The molecule has 0 fully saturated rings. The maximum atomic E-state index is 13.4. The maximum Gasteiger partial charge on any atom is 0.259 e. The second kappa shape index (κ2) is 9.49. The maximum absolute atomic E-state index is 13.4. The van der Waals surface area contributed by atoms with Gasteiger partial charge in [-0.1, -0.05) is 55.5 Å². The number of amides is 1. The fourth-order valence-electron chi connectivity index (χ4n) is 3.01. The predicted octanol–water partition coefficient (Wildman–Crippen LogP) is 2.35. The standard InChI is InChI=1S/C21H24N4O3S/c1-2-14-25(24-15-13-22-17-24)21(26)20(16-18-9-5-3-6-10-18)23-29(27,28)19-11-7-4-8-12-19/h3-13,15,17,20,23H,2,14,16H2,1H3. The number of hydrogen-bond acceptors (Lipinski definition) is 4. The van der Waals surface area contributed by atoms with Gasteiger partial charge in [-0.25, -0.2) is 23.1 Å². The molecule has 1 heterocycles. The van der Waals surface area contributed by atoms with Gasteiger partial charge in [-0.05, 0) is 30.5 Å². The second-order valence-electron chi connectivity index (χ2n) is 6.58. The highest BCUT2D eigenvalue weighted by atomic mass is 32.2. The second-order valence-corrected chi connectivity index (χ2v) is 8.29. The van der Waals surface area contributed by atoms with Gasteiger partial charge in [0, 0.05) is 18.9 Å². The lowest BCUT2D eigenvalue weighted by molar-refractivity contribution is -0.121. The largest absolute Gasteiger partial charge is 0.271 e. The first kappa shape index (κ1) is 20.8. The zero-order chi connectivity index (χ0) is 20.7. The number of aromatic nitrogens is 2. The molecule has 7 nitrogen and oxygen atoms in total. The van der Waals surface area contributed by atoms with Crippen LogP contribution in [0.2, 0.25) is 0 Å². The van der Waals surface area contributed by atoms with E-state index in [0.29, 0.717) is 13.0 Å². The van der Waals surface area contributed by atoms with Crippen LogP contribution in [0.1, 0.15) is 18.9 Å². The summed E-state index contributed by atoms with van der Waals surface area (Å²) in [5.41, 5.74) is 0.865. The number of sulfonamides is 1. The van der Waals surface area contributed by atoms with Crippen molar-refractivity contribution < 1.29 is 13.2 Å². The zero-order valence-corrected chi connectivity index (χ0v) is 17.0. The van der Waals surface area contributed by atoms with Crippen molar-refractivity contribution in [2.24, 2.45) is 0 Å². The third-order valence-electron chi connectivity index (χ3n) is 4.39. The number of benzene rings is 2. The highest BCUT2D eigenvalue weighted by Gasteiger charge is 2.30. The zero-order valence-electron chi connectivity index (χ0n) is 16.2. The lowest BCUT2D eigenvalue weighted by Gasteiger charge is -2.28. The molecule has 0 saturated carbocycles. The quantitative estimate of drug-likeness (QED) is 0.585. The van der Waals surface area contributed by atoms with Crippen LogP contribution in [0.4, 0.5) is 0 Å². The summed E-state index contributed by atoms with van der Waals surface area (Å²) < 4.78 is 30.0. The van der Waals surface area contributed by atoms with Crippen molar-refractivity contribution in [2.75, 3.05) is 11.6 Å². The first-order valence-electron chi connectivity index (χ1n) is 9.42. The van der Waals surface area contributed by atoms with E-state index in [9.17, 15) is 13.2 Å². The van der Waals surface area contributed by atoms with Gasteiger partial charge in [-0.3, -0.25) is 4.79 Å². The topological polar surface area (TPSA) is 84.3 Å². The molecule has 0 aliphatic carbocycles. The Morgan fingerprint density at radius 3 is 2.34 bits per heavy atom. The van der Waals surface area contributed by atoms with Crippen LogP contribution in [0.3, 0.4) is 0 Å². The molecule has 1 unspecified atom stereocenters. The van der Waals surface area contributed by atoms with E-state index in [0.717, 1.165) is 5.56 Å². The Morgan fingerprint density at radius 1 is 1.10 bits per heavy atom. The molecule has 0 aliphatic rings. The van der Waals surface area contributed by atoms with Crippen LogP contribution in [0, 0.1) is 0 Å². The number of imidazole rings is 1. The minimum Gasteiger partial charge on any atom is -0.271 e. The molecule has 0 bridgehead atoms. The lowest BCUT2D eigenvalue weighted by Crippen LogP contribution is -2.53. The van der Waals surface area contributed by atoms with Gasteiger partial charge in [0.15, 0.2) is 0 Å². The van der Waals surface area contributed by atoms with E-state index in [1.54, 1.807) is 35.3 Å². The third-order valence-corrected chi connectivity index (χ3v) is 5.88. The molecule has 1 aromatic heterocycles. The van der Waals surface area contributed by atoms with Gasteiger partial charge in [0.25, 0.3) is 5.91 Å². The van der Waals surface area contributed by atoms with Crippen molar-refractivity contribution in [2.45, 2.75) is 30.7 Å². The molecule has 1 atom stereocenters. The van der Waals surface area contributed by atoms with Gasteiger partial charge in [0.1, 0.15) is 12.4 Å². The fraction of sp³-hybridized carbons (Fsp3) is 0.238. The molecule has 152 valence electrons. The SMILES string of the molecule is CCCN(C(=O)C(Cc1ccccc1)NS(=O)(=O)c1ccccc1)n1ccnc1. The van der Waals surface area contributed by atoms with E-state index >= 15 is 0 Å². The van der Waals surface area contributed by atoms with E-state index in [1.807, 2.05) is 37.3 Å². The number of rotatable bonds is 9. The molecule has 29 heavy (non-hydrogen) atoms. The van der Waals surface area contributed by atoms with E-state index in [-0.39, 0.29) is 17.2 Å². The summed E-state index contributed by atoms with van der Waals surface area (Å²) in [5.74, 6) is -0.340. The monoisotopic (exact) mass is 412 g/mol. The summed E-state index contributed by atoms with van der Waals surface area (Å²) >= 11 is 0. The molecule has 1 amide bonds. The average Bonchev–Trinajstić information content (AvgIpc) is 3.27. The molecule has 0 spiro atoms. The summed E-state index contributed by atoms with van der Waals surface area (Å²) in [6, 6.07) is 16.4. The molecule has 8 heteroatoms. The van der Waals surface area contributed by atoms with Gasteiger partial charge >= 0.3 is 0 Å². The minimum absolute atomic E-state index is 0.121. The minimum atomic E-state index is -3.86. The van der Waals surface area contributed by atoms with Crippen LogP contribution in [0.25, 0.3) is 0 Å². The van der Waals surface area contributed by atoms with Crippen LogP contribution in [-0.4, -0.2) is 36.6 Å². The Kier molecular flexibility index (Phi) is 6.79. The summed E-state index contributed by atoms with van der Waals surface area (Å²) in [6.45, 7) is 2.39. The molecule has 0 radical (unpaired) electrons. The van der Waals surface area contributed by atoms with Gasteiger partial charge in [-0.15, -0.1) is 0 Å². The van der Waals surface area contributed by atoms with E-state index in [1.165, 1.54) is 23.5 Å². The highest BCUT2D eigenvalue weighted by molar-refractivity contribution is 7.89. The van der Waals surface area contributed by atoms with Crippen molar-refractivity contribution in [3.8, 4) is 0 Å². The molecule has 1 N–H and O–H groups in total. The van der Waals surface area contributed by atoms with Crippen molar-refractivity contribution in [3.63, 3.8) is 0 Å². The first-order chi connectivity index (χ1) is 14.0. The van der Waals surface area contributed by atoms with Gasteiger partial charge in [0.05, 0.1) is 4.90 Å². The van der Waals surface area contributed by atoms with Crippen molar-refractivity contribution >= 4 is 15.9 Å². The molecule has 2 aromatic carbocycles. The van der Waals surface area contributed by atoms with Crippen molar-refractivity contribution in [1.82, 2.24) is 14.4 Å². The number of nitrogens with one attached hydrogen (secondary N) is 1. The van der Waals surface area contributed by atoms with E-state index < -0.39 is 16.1 Å². The molecule has 0 aliphatic heterocycles. The Balaban J connectivity index is 1.93. The average molecular weight is 413 g/mol. The Bertz CT molecular complexity index is 1010. The number of hydrogen-bond donors (Lipinski definition) is 1. The molecule has 3 aromatic rings. The van der Waals surface area contributed by atoms with Crippen molar-refractivity contribution in [3.05, 3.63) is 84.9 Å². The molecule has 3 rings (SSSR count). The smallest absolute Gasteiger partial charge is 0.259 e. The summed E-state index contributed by atoms with van der Waals surface area (Å²) in [4.78, 5) is 17.5. The number of nitrogens with zero attached hydrogens (tertiary/aromatic N) is 3. The summed E-state index contributed by atoms with van der Waals surface area (Å²) in [5, 5.41) is 1.51. The fourth-order valence-corrected chi connectivity index (χ4v) is 4.22. The first-order valence-corrected chi connectivity index (χ1v) is 10.9. The van der Waals surface area contributed by atoms with Crippen LogP contribution < -0.4 is 9.73 Å². The predicted molar refractivity (Wildman–Crippen MR) is 111 cm³/mol. The van der Waals surface area contributed by atoms with Gasteiger partial charge in [-0.2, -0.15) is 4.72 Å². The number of carbonyl (C=O) groups excluding carboxylic acids is 1. The highest BCUT2D eigenvalue weighted by Crippen LogP contribution is 2.12. The van der Waals surface area contributed by atoms with Gasteiger partial charge in [0.2, 0.25) is 10.0 Å².